The van der Waals surface area contributed by atoms with E-state index in [1.54, 1.807) is 7.05 Å². The lowest BCUT2D eigenvalue weighted by Crippen LogP contribution is -2.38. The molecule has 0 saturated carbocycles. The maximum atomic E-state index is 12.3. The Bertz CT molecular complexity index is 845. The highest BCUT2D eigenvalue weighted by Crippen LogP contribution is 2.05. The minimum Gasteiger partial charge on any atom is -0.355 e. The first-order chi connectivity index (χ1) is 11.3. The highest BCUT2D eigenvalue weighted by Gasteiger charge is 2.15. The molecule has 2 heterocycles. The third kappa shape index (κ3) is 3.73. The van der Waals surface area contributed by atoms with Crippen LogP contribution in [0.25, 0.3) is 11.2 Å². The molecule has 0 spiro atoms. The van der Waals surface area contributed by atoms with Gasteiger partial charge in [0.15, 0.2) is 11.2 Å². The second kappa shape index (κ2) is 7.43. The van der Waals surface area contributed by atoms with Gasteiger partial charge in [0.25, 0.3) is 5.56 Å². The number of amides is 1. The van der Waals surface area contributed by atoms with Gasteiger partial charge in [-0.3, -0.25) is 18.7 Å². The molecule has 0 aromatic carbocycles. The number of hydrogen-bond donors (Lipinski definition) is 1. The van der Waals surface area contributed by atoms with E-state index in [1.165, 1.54) is 22.5 Å². The molecular formula is C15H24N6O3. The van der Waals surface area contributed by atoms with Crippen molar-refractivity contribution < 1.29 is 4.79 Å². The molecule has 0 bridgehead atoms. The molecule has 9 heteroatoms. The number of imidazole rings is 1. The second-order valence-corrected chi connectivity index (χ2v) is 6.11. The van der Waals surface area contributed by atoms with Crippen molar-refractivity contribution in [2.75, 3.05) is 27.2 Å². The molecule has 0 fully saturated rings. The summed E-state index contributed by atoms with van der Waals surface area (Å²) in [5, 5.41) is 2.84. The van der Waals surface area contributed by atoms with E-state index in [0.29, 0.717) is 6.54 Å². The number of carbonyl (C=O) groups excluding carboxylic acids is 1. The SMILES string of the molecule is CN(C)CCCCNC(=O)Cn1cnc2c1c(=O)n(C)c(=O)n2C. The smallest absolute Gasteiger partial charge is 0.332 e. The fourth-order valence-corrected chi connectivity index (χ4v) is 2.51. The lowest BCUT2D eigenvalue weighted by Gasteiger charge is -2.10. The minimum absolute atomic E-state index is 0.00236. The van der Waals surface area contributed by atoms with E-state index in [9.17, 15) is 14.4 Å². The van der Waals surface area contributed by atoms with E-state index in [2.05, 4.69) is 15.2 Å². The molecule has 1 N–H and O–H groups in total. The number of fused-ring (bicyclic) bond motifs is 1. The van der Waals surface area contributed by atoms with Gasteiger partial charge in [-0.15, -0.1) is 0 Å². The molecule has 0 saturated heterocycles. The van der Waals surface area contributed by atoms with Crippen molar-refractivity contribution in [3.05, 3.63) is 27.2 Å². The first-order valence-electron chi connectivity index (χ1n) is 7.85. The molecule has 9 nitrogen and oxygen atoms in total. The van der Waals surface area contributed by atoms with Crippen LogP contribution in [0.5, 0.6) is 0 Å². The van der Waals surface area contributed by atoms with E-state index in [4.69, 9.17) is 0 Å². The predicted molar refractivity (Wildman–Crippen MR) is 91.0 cm³/mol. The Balaban J connectivity index is 2.07. The summed E-state index contributed by atoms with van der Waals surface area (Å²) in [7, 11) is 6.98. The summed E-state index contributed by atoms with van der Waals surface area (Å²) in [5.74, 6) is -0.185. The number of aromatic nitrogens is 4. The van der Waals surface area contributed by atoms with Crippen LogP contribution in [0.15, 0.2) is 15.9 Å². The monoisotopic (exact) mass is 336 g/mol. The number of carbonyl (C=O) groups is 1. The Morgan fingerprint density at radius 1 is 1.21 bits per heavy atom. The molecule has 0 aliphatic rings. The van der Waals surface area contributed by atoms with Crippen molar-refractivity contribution >= 4 is 17.1 Å². The van der Waals surface area contributed by atoms with Gasteiger partial charge < -0.3 is 14.8 Å². The van der Waals surface area contributed by atoms with Gasteiger partial charge in [-0.25, -0.2) is 9.78 Å². The maximum Gasteiger partial charge on any atom is 0.332 e. The number of rotatable bonds is 7. The average molecular weight is 336 g/mol. The van der Waals surface area contributed by atoms with Crippen molar-refractivity contribution in [3.63, 3.8) is 0 Å². The standard InChI is InChI=1S/C15H24N6O3/c1-18(2)8-6-5-7-16-11(22)9-21-10-17-13-12(21)14(23)20(4)15(24)19(13)3/h10H,5-9H2,1-4H3,(H,16,22). The van der Waals surface area contributed by atoms with Gasteiger partial charge in [0.05, 0.1) is 6.33 Å². The molecule has 24 heavy (non-hydrogen) atoms. The van der Waals surface area contributed by atoms with Crippen LogP contribution in [-0.2, 0) is 25.4 Å². The topological polar surface area (TPSA) is 94.2 Å². The first-order valence-corrected chi connectivity index (χ1v) is 7.85. The summed E-state index contributed by atoms with van der Waals surface area (Å²) in [4.78, 5) is 42.4. The van der Waals surface area contributed by atoms with Crippen LogP contribution in [0.1, 0.15) is 12.8 Å². The normalized spacial score (nSPS) is 11.4. The summed E-state index contributed by atoms with van der Waals surface area (Å²) in [6.07, 6.45) is 3.31. The van der Waals surface area contributed by atoms with Gasteiger partial charge in [0, 0.05) is 20.6 Å². The largest absolute Gasteiger partial charge is 0.355 e. The molecule has 0 aliphatic heterocycles. The van der Waals surface area contributed by atoms with Gasteiger partial charge in [-0.05, 0) is 33.5 Å². The quantitative estimate of drug-likeness (QED) is 0.647. The van der Waals surface area contributed by atoms with E-state index in [1.807, 2.05) is 14.1 Å². The van der Waals surface area contributed by atoms with Crippen LogP contribution in [0, 0.1) is 0 Å². The highest BCUT2D eigenvalue weighted by molar-refractivity contribution is 5.78. The minimum atomic E-state index is -0.454. The Labute approximate surface area is 139 Å². The second-order valence-electron chi connectivity index (χ2n) is 6.11. The third-order valence-electron chi connectivity index (χ3n) is 3.89. The van der Waals surface area contributed by atoms with Gasteiger partial charge in [-0.1, -0.05) is 0 Å². The molecular weight excluding hydrogens is 312 g/mol. The van der Waals surface area contributed by atoms with Crippen LogP contribution < -0.4 is 16.6 Å². The predicted octanol–water partition coefficient (Wildman–Crippen LogP) is -1.11. The Morgan fingerprint density at radius 3 is 2.58 bits per heavy atom. The third-order valence-corrected chi connectivity index (χ3v) is 3.89. The summed E-state index contributed by atoms with van der Waals surface area (Å²) >= 11 is 0. The molecule has 2 rings (SSSR count). The zero-order chi connectivity index (χ0) is 17.9. The number of nitrogens with zero attached hydrogens (tertiary/aromatic N) is 5. The fourth-order valence-electron chi connectivity index (χ4n) is 2.51. The zero-order valence-corrected chi connectivity index (χ0v) is 14.6. The van der Waals surface area contributed by atoms with E-state index in [0.717, 1.165) is 24.0 Å². The lowest BCUT2D eigenvalue weighted by atomic mass is 10.3. The maximum absolute atomic E-state index is 12.3. The molecule has 0 aliphatic carbocycles. The summed E-state index contributed by atoms with van der Waals surface area (Å²) < 4.78 is 3.79. The lowest BCUT2D eigenvalue weighted by molar-refractivity contribution is -0.121. The van der Waals surface area contributed by atoms with Crippen molar-refractivity contribution in [3.8, 4) is 0 Å². The van der Waals surface area contributed by atoms with Crippen LogP contribution in [0.4, 0.5) is 0 Å². The van der Waals surface area contributed by atoms with Gasteiger partial charge in [0.1, 0.15) is 6.54 Å². The van der Waals surface area contributed by atoms with Crippen LogP contribution in [0.2, 0.25) is 0 Å². The number of hydrogen-bond acceptors (Lipinski definition) is 5. The van der Waals surface area contributed by atoms with Gasteiger partial charge in [0.2, 0.25) is 5.91 Å². The zero-order valence-electron chi connectivity index (χ0n) is 14.6. The van der Waals surface area contributed by atoms with E-state index < -0.39 is 11.2 Å². The first kappa shape index (κ1) is 17.9. The van der Waals surface area contributed by atoms with E-state index >= 15 is 0 Å². The van der Waals surface area contributed by atoms with Crippen molar-refractivity contribution in [2.45, 2.75) is 19.4 Å². The Morgan fingerprint density at radius 2 is 1.92 bits per heavy atom. The van der Waals surface area contributed by atoms with Gasteiger partial charge in [-0.2, -0.15) is 0 Å². The molecule has 1 amide bonds. The number of aryl methyl sites for hydroxylation is 1. The van der Waals surface area contributed by atoms with Crippen molar-refractivity contribution in [1.29, 1.82) is 0 Å². The van der Waals surface area contributed by atoms with Gasteiger partial charge >= 0.3 is 5.69 Å². The molecule has 2 aromatic heterocycles. The summed E-state index contributed by atoms with van der Waals surface area (Å²) in [6.45, 7) is 1.57. The summed E-state index contributed by atoms with van der Waals surface area (Å²) in [5.41, 5.74) is -0.364. The summed E-state index contributed by atoms with van der Waals surface area (Å²) in [6, 6.07) is 0. The Hall–Kier alpha value is -2.42. The number of nitrogens with one attached hydrogen (secondary N) is 1. The molecule has 0 radical (unpaired) electrons. The van der Waals surface area contributed by atoms with Crippen LogP contribution in [-0.4, -0.2) is 56.7 Å². The van der Waals surface area contributed by atoms with Crippen LogP contribution in [0.3, 0.4) is 0 Å². The van der Waals surface area contributed by atoms with Crippen molar-refractivity contribution in [2.24, 2.45) is 14.1 Å². The molecule has 0 unspecified atom stereocenters. The molecule has 0 atom stereocenters. The number of unbranched alkanes of at least 4 members (excludes halogenated alkanes) is 1. The highest BCUT2D eigenvalue weighted by atomic mass is 16.2. The van der Waals surface area contributed by atoms with Crippen LogP contribution >= 0.6 is 0 Å². The average Bonchev–Trinajstić information content (AvgIpc) is 2.94. The van der Waals surface area contributed by atoms with E-state index in [-0.39, 0.29) is 23.6 Å². The van der Waals surface area contributed by atoms with Crippen molar-refractivity contribution in [1.82, 2.24) is 28.9 Å². The molecule has 2 aromatic rings. The fraction of sp³-hybridized carbons (Fsp3) is 0.600. The Kier molecular flexibility index (Phi) is 5.55. The molecule has 132 valence electrons.